The number of nitrogens with zero attached hydrogens (tertiary/aromatic N) is 2. The highest BCUT2D eigenvalue weighted by Gasteiger charge is 2.74. The van der Waals surface area contributed by atoms with Crippen molar-refractivity contribution >= 4 is 18.5 Å². The van der Waals surface area contributed by atoms with E-state index in [9.17, 15) is 0 Å². The van der Waals surface area contributed by atoms with Crippen LogP contribution in [0.25, 0.3) is 0 Å². The molecule has 4 heteroatoms. The number of thioether (sulfide) groups is 1. The summed E-state index contributed by atoms with van der Waals surface area (Å²) in [4.78, 5) is 6.87. The maximum Gasteiger partial charge on any atom is 0.196 e. The minimum Gasteiger partial charge on any atom is -0.365 e. The van der Waals surface area contributed by atoms with Crippen molar-refractivity contribution in [3.05, 3.63) is 70.9 Å². The molecule has 13 aliphatic rings. The maximum absolute atomic E-state index is 3.50. The van der Waals surface area contributed by atoms with Crippen LogP contribution in [0.5, 0.6) is 0 Å². The lowest BCUT2D eigenvalue weighted by Crippen LogP contribution is -2.70. The number of hydrogen-bond donors (Lipinski definition) is 0. The van der Waals surface area contributed by atoms with E-state index in [2.05, 4.69) is 110 Å². The summed E-state index contributed by atoms with van der Waals surface area (Å²) in [5.74, 6) is 8.22. The quantitative estimate of drug-likeness (QED) is 0.200. The first-order chi connectivity index (χ1) is 32.6. The zero-order valence-electron chi connectivity index (χ0n) is 43.3. The molecule has 364 valence electrons. The SMILES string of the molecule is CC(C)(C)C1C=CC2SC3B4C5=C(CC(C6CC(C7=CCCCC7)=CC(C7C=CCCC7)C6)CC5N5C6C4CC(C4CCCCC4)CC6C4(CCCCC4)C5(C)C)N(C4C=CCCC4)C3C2C1. The Morgan fingerprint density at radius 3 is 2.19 bits per heavy atom. The summed E-state index contributed by atoms with van der Waals surface area (Å²) in [6, 6.07) is 2.70. The minimum absolute atomic E-state index is 0.254. The summed E-state index contributed by atoms with van der Waals surface area (Å²) in [5.41, 5.74) is 8.71. The fraction of sp³-hybridized carbons (Fsp3) is 0.810. The molecule has 3 saturated carbocycles. The third-order valence-electron chi connectivity index (χ3n) is 23.7. The third kappa shape index (κ3) is 7.43. The van der Waals surface area contributed by atoms with E-state index < -0.39 is 0 Å². The standard InChI is InChI=1S/C63H93BN2S/c1-61(2,3)49-29-30-56-51(40-49)58-60(67-56)64-53-37-47(43-25-15-8-16-26-43)36-52-59(53)66(62(4,5)63(52)31-19-10-20-32-63)55-39-48(38-54(57(55)64)65(58)50-27-17-9-18-28-50)46-34-44(41-21-11-6-12-22-41)33-45(35-46)42-23-13-7-14-24-42/h11,17,21,23,27,29-30,33,41,43-44,46-53,55-56,58-60H,6-10,12-16,18-20,22,24-26,28,31-32,34-40H2,1-5H3. The zero-order chi connectivity index (χ0) is 45.2. The Morgan fingerprint density at radius 1 is 0.657 bits per heavy atom. The molecule has 2 nitrogen and oxygen atoms in total. The molecule has 6 fully saturated rings. The maximum atomic E-state index is 3.50. The average molecular weight is 921 g/mol. The highest BCUT2D eigenvalue weighted by molar-refractivity contribution is 8.02. The van der Waals surface area contributed by atoms with E-state index in [0.29, 0.717) is 40.1 Å². The summed E-state index contributed by atoms with van der Waals surface area (Å²) in [6.07, 6.45) is 60.7. The van der Waals surface area contributed by atoms with Gasteiger partial charge in [0.1, 0.15) is 0 Å². The summed E-state index contributed by atoms with van der Waals surface area (Å²) >= 11 is 2.56. The summed E-state index contributed by atoms with van der Waals surface area (Å²) < 4.78 is 0. The van der Waals surface area contributed by atoms with Gasteiger partial charge in [-0.05, 0) is 210 Å². The lowest BCUT2D eigenvalue weighted by atomic mass is 9.25. The predicted octanol–water partition coefficient (Wildman–Crippen LogP) is 16.3. The number of hydrogen-bond acceptors (Lipinski definition) is 3. The van der Waals surface area contributed by atoms with E-state index in [4.69, 9.17) is 0 Å². The molecule has 0 N–H and O–H groups in total. The van der Waals surface area contributed by atoms with Crippen molar-refractivity contribution in [2.45, 2.75) is 254 Å². The second-order valence-corrected chi connectivity index (χ2v) is 29.3. The van der Waals surface area contributed by atoms with Crippen molar-refractivity contribution in [2.75, 3.05) is 0 Å². The van der Waals surface area contributed by atoms with Gasteiger partial charge in [-0.25, -0.2) is 0 Å². The Bertz CT molecular complexity index is 2050. The molecule has 3 saturated heterocycles. The Kier molecular flexibility index (Phi) is 12.0. The van der Waals surface area contributed by atoms with Gasteiger partial charge in [0, 0.05) is 45.8 Å². The van der Waals surface area contributed by atoms with Crippen LogP contribution in [0.15, 0.2) is 70.9 Å². The molecule has 0 radical (unpaired) electrons. The Labute approximate surface area is 415 Å². The van der Waals surface area contributed by atoms with Crippen LogP contribution in [0.3, 0.4) is 0 Å². The second kappa shape index (κ2) is 17.7. The summed E-state index contributed by atoms with van der Waals surface area (Å²) in [6.45, 7) is 14.2. The molecule has 0 aromatic rings. The molecule has 4 aliphatic heterocycles. The van der Waals surface area contributed by atoms with E-state index in [1.807, 2.05) is 11.3 Å². The van der Waals surface area contributed by atoms with E-state index in [0.717, 1.165) is 71.1 Å². The molecule has 15 atom stereocenters. The number of fused-ring (bicyclic) bond motifs is 7. The van der Waals surface area contributed by atoms with Crippen molar-refractivity contribution in [3.8, 4) is 0 Å². The Morgan fingerprint density at radius 2 is 1.45 bits per heavy atom. The van der Waals surface area contributed by atoms with Crippen LogP contribution in [0.2, 0.25) is 5.82 Å². The normalized spacial score (nSPS) is 44.8. The van der Waals surface area contributed by atoms with Crippen LogP contribution in [0.1, 0.15) is 208 Å². The molecule has 0 amide bonds. The first-order valence-corrected chi connectivity index (χ1v) is 30.9. The van der Waals surface area contributed by atoms with Gasteiger partial charge >= 0.3 is 0 Å². The van der Waals surface area contributed by atoms with Gasteiger partial charge in [0.2, 0.25) is 0 Å². The zero-order valence-corrected chi connectivity index (χ0v) is 44.1. The molecule has 9 aliphatic carbocycles. The average Bonchev–Trinajstić information content (AvgIpc) is 3.83. The molecule has 1 spiro atoms. The van der Waals surface area contributed by atoms with Gasteiger partial charge in [-0.15, -0.1) is 0 Å². The van der Waals surface area contributed by atoms with Gasteiger partial charge in [0.15, 0.2) is 6.71 Å². The molecule has 4 heterocycles. The van der Waals surface area contributed by atoms with Crippen molar-refractivity contribution in [1.29, 1.82) is 0 Å². The van der Waals surface area contributed by atoms with Gasteiger partial charge in [-0.3, -0.25) is 4.90 Å². The van der Waals surface area contributed by atoms with Crippen LogP contribution in [-0.2, 0) is 0 Å². The molecule has 0 aromatic heterocycles. The van der Waals surface area contributed by atoms with E-state index in [1.54, 1.807) is 18.4 Å². The molecule has 0 aromatic carbocycles. The van der Waals surface area contributed by atoms with Crippen LogP contribution >= 0.6 is 11.8 Å². The molecule has 67 heavy (non-hydrogen) atoms. The first-order valence-electron chi connectivity index (χ1n) is 30.0. The van der Waals surface area contributed by atoms with Gasteiger partial charge in [-0.2, -0.15) is 11.8 Å². The number of allylic oxidation sites excluding steroid dienone is 9. The van der Waals surface area contributed by atoms with Crippen LogP contribution in [0.4, 0.5) is 0 Å². The van der Waals surface area contributed by atoms with Crippen LogP contribution in [-0.4, -0.2) is 56.6 Å². The minimum atomic E-state index is 0.254. The van der Waals surface area contributed by atoms with Crippen molar-refractivity contribution in [1.82, 2.24) is 9.80 Å². The van der Waals surface area contributed by atoms with Crippen molar-refractivity contribution in [2.24, 2.45) is 64.1 Å². The summed E-state index contributed by atoms with van der Waals surface area (Å²) in [5, 5.41) is 1.44. The molecule has 0 bridgehead atoms. The molecular formula is C63H93BN2S. The van der Waals surface area contributed by atoms with Gasteiger partial charge in [-0.1, -0.05) is 133 Å². The van der Waals surface area contributed by atoms with Crippen LogP contribution in [0, 0.1) is 64.1 Å². The van der Waals surface area contributed by atoms with Gasteiger partial charge in [0.25, 0.3) is 0 Å². The lowest BCUT2D eigenvalue weighted by Gasteiger charge is -2.64. The van der Waals surface area contributed by atoms with Gasteiger partial charge < -0.3 is 4.90 Å². The topological polar surface area (TPSA) is 6.48 Å². The summed E-state index contributed by atoms with van der Waals surface area (Å²) in [7, 11) is 0. The van der Waals surface area contributed by atoms with Crippen molar-refractivity contribution < 1.29 is 0 Å². The lowest BCUT2D eigenvalue weighted by molar-refractivity contribution is -0.0137. The largest absolute Gasteiger partial charge is 0.365 e. The fourth-order valence-corrected chi connectivity index (χ4v) is 22.7. The smallest absolute Gasteiger partial charge is 0.196 e. The van der Waals surface area contributed by atoms with Gasteiger partial charge in [0.05, 0.1) is 0 Å². The van der Waals surface area contributed by atoms with E-state index in [-0.39, 0.29) is 5.54 Å². The first kappa shape index (κ1) is 45.5. The Balaban J connectivity index is 0.980. The molecule has 15 unspecified atom stereocenters. The van der Waals surface area contributed by atoms with Crippen molar-refractivity contribution in [3.63, 3.8) is 0 Å². The third-order valence-corrected chi connectivity index (χ3v) is 25.4. The highest BCUT2D eigenvalue weighted by Crippen LogP contribution is 2.72. The fourth-order valence-electron chi connectivity index (χ4n) is 20.6. The molecular weight excluding hydrogens is 828 g/mol. The van der Waals surface area contributed by atoms with Crippen LogP contribution < -0.4 is 0 Å². The predicted molar refractivity (Wildman–Crippen MR) is 286 cm³/mol. The van der Waals surface area contributed by atoms with E-state index >= 15 is 0 Å². The highest BCUT2D eigenvalue weighted by atomic mass is 32.2. The Hall–Kier alpha value is -1.39. The van der Waals surface area contributed by atoms with E-state index in [1.165, 1.54) is 161 Å². The second-order valence-electron chi connectivity index (χ2n) is 27.9. The monoisotopic (exact) mass is 921 g/mol. The molecule has 13 rings (SSSR count). The number of rotatable bonds is 5.